The lowest BCUT2D eigenvalue weighted by atomic mass is 9.89. The van der Waals surface area contributed by atoms with Crippen molar-refractivity contribution >= 4 is 5.97 Å². The summed E-state index contributed by atoms with van der Waals surface area (Å²) in [5.74, 6) is -0.692. The minimum absolute atomic E-state index is 0.0578. The number of aliphatic carboxylic acids is 1. The Bertz CT molecular complexity index is 495. The third-order valence-corrected chi connectivity index (χ3v) is 4.90. The number of aliphatic hydroxyl groups excluding tert-OH is 3. The summed E-state index contributed by atoms with van der Waals surface area (Å²) in [4.78, 5) is 10.5. The third-order valence-electron chi connectivity index (χ3n) is 4.90. The van der Waals surface area contributed by atoms with E-state index < -0.39 is 18.2 Å². The summed E-state index contributed by atoms with van der Waals surface area (Å²) in [6.45, 7) is 5.81. The topological polar surface area (TPSA) is 98.0 Å². The second-order valence-corrected chi connectivity index (χ2v) is 7.34. The van der Waals surface area contributed by atoms with Crippen molar-refractivity contribution in [1.82, 2.24) is 0 Å². The van der Waals surface area contributed by atoms with Crippen LogP contribution in [0.1, 0.15) is 58.3 Å². The van der Waals surface area contributed by atoms with Crippen molar-refractivity contribution in [2.45, 2.75) is 76.6 Å². The van der Waals surface area contributed by atoms with Gasteiger partial charge >= 0.3 is 5.97 Å². The van der Waals surface area contributed by atoms with Gasteiger partial charge in [0, 0.05) is 12.3 Å². The molecule has 0 spiro atoms. The summed E-state index contributed by atoms with van der Waals surface area (Å²) >= 11 is 0. The first-order valence-corrected chi connectivity index (χ1v) is 9.58. The maximum Gasteiger partial charge on any atom is 0.303 e. The van der Waals surface area contributed by atoms with Gasteiger partial charge in [0.1, 0.15) is 0 Å². The lowest BCUT2D eigenvalue weighted by molar-refractivity contribution is -0.137. The van der Waals surface area contributed by atoms with Gasteiger partial charge in [-0.25, -0.2) is 0 Å². The quantitative estimate of drug-likeness (QED) is 0.314. The maximum atomic E-state index is 10.5. The fourth-order valence-electron chi connectivity index (χ4n) is 3.39. The molecule has 0 radical (unpaired) electrons. The number of allylic oxidation sites excluding steroid dienone is 2. The first kappa shape index (κ1) is 22.6. The molecule has 1 aliphatic rings. The zero-order chi connectivity index (χ0) is 19.5. The Balaban J connectivity index is 2.47. The van der Waals surface area contributed by atoms with Crippen LogP contribution in [0, 0.1) is 11.8 Å². The highest BCUT2D eigenvalue weighted by Gasteiger charge is 2.35. The number of carboxylic acids is 1. The Morgan fingerprint density at radius 2 is 2.00 bits per heavy atom. The number of hydrogen-bond acceptors (Lipinski definition) is 4. The summed E-state index contributed by atoms with van der Waals surface area (Å²) in [7, 11) is 0. The van der Waals surface area contributed by atoms with Crippen molar-refractivity contribution < 1.29 is 25.2 Å². The van der Waals surface area contributed by atoms with Gasteiger partial charge in [-0.05, 0) is 57.8 Å². The first-order valence-electron chi connectivity index (χ1n) is 9.58. The standard InChI is InChI=1S/C21H34O5/c1-15-14-20(24)19(13-12-17(23)9-7-8-16(2)22)18(15)10-5-3-4-6-11-21(25)26/h3,5,12-13,16-20,22-24H,1,4,6-11,14H2,2H3,(H,25,26)/b5-3-,13-12+/t16?,17-,18-,19+,20+/m0/s1. The molecule has 0 saturated heterocycles. The zero-order valence-corrected chi connectivity index (χ0v) is 15.8. The van der Waals surface area contributed by atoms with E-state index in [1.54, 1.807) is 13.0 Å². The Labute approximate surface area is 156 Å². The largest absolute Gasteiger partial charge is 0.481 e. The van der Waals surface area contributed by atoms with Crippen LogP contribution in [-0.2, 0) is 4.79 Å². The fourth-order valence-corrected chi connectivity index (χ4v) is 3.39. The van der Waals surface area contributed by atoms with E-state index in [-0.39, 0.29) is 24.4 Å². The normalized spacial score (nSPS) is 26.0. The first-order chi connectivity index (χ1) is 12.3. The lowest BCUT2D eigenvalue weighted by Gasteiger charge is -2.18. The van der Waals surface area contributed by atoms with Crippen molar-refractivity contribution in [3.8, 4) is 0 Å². The summed E-state index contributed by atoms with van der Waals surface area (Å²) in [5, 5.41) is 38.2. The summed E-state index contributed by atoms with van der Waals surface area (Å²) < 4.78 is 0. The van der Waals surface area contributed by atoms with Crippen LogP contribution in [-0.4, -0.2) is 44.7 Å². The second-order valence-electron chi connectivity index (χ2n) is 7.34. The molecule has 1 unspecified atom stereocenters. The smallest absolute Gasteiger partial charge is 0.303 e. The van der Waals surface area contributed by atoms with Crippen LogP contribution in [0.25, 0.3) is 0 Å². The molecule has 5 heteroatoms. The molecule has 0 bridgehead atoms. The minimum Gasteiger partial charge on any atom is -0.481 e. The molecular formula is C21H34O5. The zero-order valence-electron chi connectivity index (χ0n) is 15.8. The Kier molecular flexibility index (Phi) is 10.5. The van der Waals surface area contributed by atoms with E-state index in [9.17, 15) is 20.1 Å². The number of unbranched alkanes of at least 4 members (excludes halogenated alkanes) is 1. The highest BCUT2D eigenvalue weighted by molar-refractivity contribution is 5.66. The monoisotopic (exact) mass is 366 g/mol. The molecule has 0 aliphatic heterocycles. The van der Waals surface area contributed by atoms with E-state index >= 15 is 0 Å². The van der Waals surface area contributed by atoms with Gasteiger partial charge in [0.05, 0.1) is 18.3 Å². The van der Waals surface area contributed by atoms with Gasteiger partial charge in [-0.15, -0.1) is 0 Å². The van der Waals surface area contributed by atoms with Crippen LogP contribution < -0.4 is 0 Å². The van der Waals surface area contributed by atoms with Crippen molar-refractivity contribution in [2.75, 3.05) is 0 Å². The summed E-state index contributed by atoms with van der Waals surface area (Å²) in [5.41, 5.74) is 1.02. The summed E-state index contributed by atoms with van der Waals surface area (Å²) in [6.07, 6.45) is 11.2. The van der Waals surface area contributed by atoms with Crippen LogP contribution in [0.4, 0.5) is 0 Å². The van der Waals surface area contributed by atoms with Gasteiger partial charge in [-0.1, -0.05) is 36.5 Å². The molecule has 5 atom stereocenters. The molecule has 148 valence electrons. The molecule has 0 aromatic carbocycles. The molecule has 1 rings (SSSR count). The van der Waals surface area contributed by atoms with E-state index in [0.717, 1.165) is 24.8 Å². The molecular weight excluding hydrogens is 332 g/mol. The van der Waals surface area contributed by atoms with Crippen LogP contribution >= 0.6 is 0 Å². The highest BCUT2D eigenvalue weighted by atomic mass is 16.4. The maximum absolute atomic E-state index is 10.5. The molecule has 0 aromatic rings. The van der Waals surface area contributed by atoms with E-state index in [0.29, 0.717) is 25.7 Å². The number of rotatable bonds is 12. The molecule has 26 heavy (non-hydrogen) atoms. The van der Waals surface area contributed by atoms with Crippen LogP contribution in [0.2, 0.25) is 0 Å². The second kappa shape index (κ2) is 12.0. The average Bonchev–Trinajstić information content (AvgIpc) is 2.81. The Hall–Kier alpha value is -1.43. The van der Waals surface area contributed by atoms with Gasteiger partial charge < -0.3 is 20.4 Å². The van der Waals surface area contributed by atoms with Crippen LogP contribution in [0.15, 0.2) is 36.5 Å². The molecule has 1 fully saturated rings. The van der Waals surface area contributed by atoms with E-state index in [4.69, 9.17) is 5.11 Å². The number of carboxylic acid groups (broad SMARTS) is 1. The minimum atomic E-state index is -0.775. The van der Waals surface area contributed by atoms with E-state index in [2.05, 4.69) is 6.58 Å². The predicted molar refractivity (Wildman–Crippen MR) is 103 cm³/mol. The molecule has 5 nitrogen and oxygen atoms in total. The Morgan fingerprint density at radius 1 is 1.27 bits per heavy atom. The van der Waals surface area contributed by atoms with Gasteiger partial charge in [0.2, 0.25) is 0 Å². The molecule has 1 saturated carbocycles. The van der Waals surface area contributed by atoms with Gasteiger partial charge in [0.15, 0.2) is 0 Å². The van der Waals surface area contributed by atoms with Crippen LogP contribution in [0.5, 0.6) is 0 Å². The fraction of sp³-hybridized carbons (Fsp3) is 0.667. The van der Waals surface area contributed by atoms with Crippen molar-refractivity contribution in [1.29, 1.82) is 0 Å². The number of hydrogen-bond donors (Lipinski definition) is 4. The molecule has 0 aromatic heterocycles. The molecule has 1 aliphatic carbocycles. The molecule has 4 N–H and O–H groups in total. The third kappa shape index (κ3) is 8.79. The Morgan fingerprint density at radius 3 is 2.65 bits per heavy atom. The van der Waals surface area contributed by atoms with Gasteiger partial charge in [0.25, 0.3) is 0 Å². The highest BCUT2D eigenvalue weighted by Crippen LogP contribution is 2.39. The lowest BCUT2D eigenvalue weighted by Crippen LogP contribution is -2.17. The van der Waals surface area contributed by atoms with Crippen molar-refractivity contribution in [3.05, 3.63) is 36.5 Å². The predicted octanol–water partition coefficient (Wildman–Crippen LogP) is 3.21. The average molecular weight is 366 g/mol. The SMILES string of the molecule is C=C1C[C@@H](O)[C@H](/C=C/[C@@H](O)CCCC(C)O)[C@H]1C/C=C\CCCC(=O)O. The number of aliphatic hydroxyl groups is 3. The van der Waals surface area contributed by atoms with Crippen LogP contribution in [0.3, 0.4) is 0 Å². The van der Waals surface area contributed by atoms with Crippen molar-refractivity contribution in [3.63, 3.8) is 0 Å². The van der Waals surface area contributed by atoms with Crippen molar-refractivity contribution in [2.24, 2.45) is 11.8 Å². The number of carbonyl (C=O) groups is 1. The molecule has 0 amide bonds. The van der Waals surface area contributed by atoms with E-state index in [1.807, 2.05) is 18.2 Å². The van der Waals surface area contributed by atoms with Gasteiger partial charge in [-0.2, -0.15) is 0 Å². The summed E-state index contributed by atoms with van der Waals surface area (Å²) in [6, 6.07) is 0. The van der Waals surface area contributed by atoms with Gasteiger partial charge in [-0.3, -0.25) is 4.79 Å². The molecule has 0 heterocycles. The van der Waals surface area contributed by atoms with E-state index in [1.165, 1.54) is 0 Å².